The molecule has 0 saturated carbocycles. The number of aryl methyl sites for hydroxylation is 1. The van der Waals surface area contributed by atoms with Crippen molar-refractivity contribution in [2.24, 2.45) is 5.92 Å². The molecule has 1 aromatic rings. The van der Waals surface area contributed by atoms with Crippen LogP contribution in [-0.2, 0) is 11.2 Å². The molecule has 2 nitrogen and oxygen atoms in total. The van der Waals surface area contributed by atoms with Crippen molar-refractivity contribution in [3.05, 3.63) is 42.0 Å². The van der Waals surface area contributed by atoms with Gasteiger partial charge in [0.15, 0.2) is 5.78 Å². The van der Waals surface area contributed by atoms with Crippen molar-refractivity contribution in [1.29, 1.82) is 0 Å². The zero-order valence-corrected chi connectivity index (χ0v) is 10.6. The molecule has 2 rings (SSSR count). The van der Waals surface area contributed by atoms with Gasteiger partial charge < -0.3 is 5.11 Å². The lowest BCUT2D eigenvalue weighted by Crippen LogP contribution is -2.06. The second kappa shape index (κ2) is 6.39. The number of hydrogen-bond acceptors (Lipinski definition) is 2. The van der Waals surface area contributed by atoms with Gasteiger partial charge in [-0.05, 0) is 61.8 Å². The van der Waals surface area contributed by atoms with Crippen LogP contribution in [0.5, 0.6) is 5.75 Å². The molecule has 1 aliphatic rings. The molecule has 0 aromatic heterocycles. The first-order valence-electron chi connectivity index (χ1n) is 6.71. The highest BCUT2D eigenvalue weighted by Crippen LogP contribution is 2.23. The van der Waals surface area contributed by atoms with Gasteiger partial charge in [-0.3, -0.25) is 4.79 Å². The van der Waals surface area contributed by atoms with Gasteiger partial charge in [0, 0.05) is 6.42 Å². The Balaban J connectivity index is 1.86. The highest BCUT2D eigenvalue weighted by Gasteiger charge is 2.11. The number of carbonyl (C=O) groups excluding carboxylic acids is 1. The largest absolute Gasteiger partial charge is 0.508 e. The highest BCUT2D eigenvalue weighted by atomic mass is 16.3. The van der Waals surface area contributed by atoms with Gasteiger partial charge in [0.2, 0.25) is 0 Å². The van der Waals surface area contributed by atoms with E-state index in [0.717, 1.165) is 32.1 Å². The lowest BCUT2D eigenvalue weighted by molar-refractivity contribution is -0.114. The third kappa shape index (κ3) is 4.02. The fourth-order valence-corrected chi connectivity index (χ4v) is 2.50. The third-order valence-corrected chi connectivity index (χ3v) is 3.56. The standard InChI is InChI=1S/C16H20O2/c17-15-7-1-4-13(5-2-8-15)10-11-14-6-3-9-16(18)12-14/h1,3,6-7,9,12-13,18H,2,4-5,8,10-11H2. The van der Waals surface area contributed by atoms with Crippen LogP contribution in [0.15, 0.2) is 36.4 Å². The maximum atomic E-state index is 11.2. The van der Waals surface area contributed by atoms with E-state index in [1.807, 2.05) is 18.2 Å². The van der Waals surface area contributed by atoms with Crippen molar-refractivity contribution in [2.75, 3.05) is 0 Å². The third-order valence-electron chi connectivity index (χ3n) is 3.56. The van der Waals surface area contributed by atoms with Crippen LogP contribution in [0.4, 0.5) is 0 Å². The summed E-state index contributed by atoms with van der Waals surface area (Å²) >= 11 is 0. The summed E-state index contributed by atoms with van der Waals surface area (Å²) in [7, 11) is 0. The van der Waals surface area contributed by atoms with Gasteiger partial charge in [-0.15, -0.1) is 0 Å². The molecule has 18 heavy (non-hydrogen) atoms. The van der Waals surface area contributed by atoms with E-state index in [9.17, 15) is 9.90 Å². The summed E-state index contributed by atoms with van der Waals surface area (Å²) in [5.74, 6) is 1.27. The van der Waals surface area contributed by atoms with Crippen LogP contribution in [0.2, 0.25) is 0 Å². The SMILES string of the molecule is O=C1C=CCC(CCc2cccc(O)c2)CCC1. The Bertz CT molecular complexity index is 434. The van der Waals surface area contributed by atoms with Gasteiger partial charge in [-0.2, -0.15) is 0 Å². The van der Waals surface area contributed by atoms with Crippen LogP contribution in [0, 0.1) is 5.92 Å². The molecule has 0 spiro atoms. The molecule has 96 valence electrons. The molecule has 1 atom stereocenters. The average molecular weight is 244 g/mol. The molecule has 0 radical (unpaired) electrons. The molecule has 0 heterocycles. The first kappa shape index (κ1) is 12.9. The number of ketones is 1. The summed E-state index contributed by atoms with van der Waals surface area (Å²) in [5, 5.41) is 9.41. The lowest BCUT2D eigenvalue weighted by Gasteiger charge is -2.16. The summed E-state index contributed by atoms with van der Waals surface area (Å²) in [6.07, 6.45) is 9.73. The molecule has 2 heteroatoms. The molecule has 1 N–H and O–H groups in total. The summed E-state index contributed by atoms with van der Waals surface area (Å²) in [4.78, 5) is 11.2. The normalized spacial score (nSPS) is 20.4. The topological polar surface area (TPSA) is 37.3 Å². The quantitative estimate of drug-likeness (QED) is 0.881. The number of rotatable bonds is 3. The summed E-state index contributed by atoms with van der Waals surface area (Å²) in [6, 6.07) is 7.49. The van der Waals surface area contributed by atoms with Gasteiger partial charge in [-0.1, -0.05) is 18.2 Å². The zero-order valence-electron chi connectivity index (χ0n) is 10.6. The number of phenolic OH excluding ortho intramolecular Hbond substituents is 1. The number of aromatic hydroxyl groups is 1. The number of allylic oxidation sites excluding steroid dienone is 2. The van der Waals surface area contributed by atoms with E-state index in [2.05, 4.69) is 6.07 Å². The maximum absolute atomic E-state index is 11.2. The van der Waals surface area contributed by atoms with Crippen LogP contribution in [0.3, 0.4) is 0 Å². The Morgan fingerprint density at radius 1 is 1.33 bits per heavy atom. The molecule has 0 amide bonds. The molecule has 1 aromatic carbocycles. The van der Waals surface area contributed by atoms with Gasteiger partial charge >= 0.3 is 0 Å². The van der Waals surface area contributed by atoms with E-state index >= 15 is 0 Å². The zero-order chi connectivity index (χ0) is 12.8. The highest BCUT2D eigenvalue weighted by molar-refractivity contribution is 5.89. The minimum Gasteiger partial charge on any atom is -0.508 e. The van der Waals surface area contributed by atoms with Crippen LogP contribution < -0.4 is 0 Å². The Morgan fingerprint density at radius 3 is 3.06 bits per heavy atom. The first-order chi connectivity index (χ1) is 8.74. The van der Waals surface area contributed by atoms with E-state index in [1.165, 1.54) is 5.56 Å². The van der Waals surface area contributed by atoms with E-state index < -0.39 is 0 Å². The molecule has 1 unspecified atom stereocenters. The Morgan fingerprint density at radius 2 is 2.22 bits per heavy atom. The second-order valence-electron chi connectivity index (χ2n) is 5.07. The number of benzene rings is 1. The monoisotopic (exact) mass is 244 g/mol. The van der Waals surface area contributed by atoms with Gasteiger partial charge in [0.05, 0.1) is 0 Å². The van der Waals surface area contributed by atoms with Crippen LogP contribution in [0.25, 0.3) is 0 Å². The summed E-state index contributed by atoms with van der Waals surface area (Å²) in [6.45, 7) is 0. The summed E-state index contributed by atoms with van der Waals surface area (Å²) < 4.78 is 0. The van der Waals surface area contributed by atoms with E-state index in [-0.39, 0.29) is 5.78 Å². The summed E-state index contributed by atoms with van der Waals surface area (Å²) in [5.41, 5.74) is 1.19. The fraction of sp³-hybridized carbons (Fsp3) is 0.438. The molecular weight excluding hydrogens is 224 g/mol. The number of hydrogen-bond donors (Lipinski definition) is 1. The van der Waals surface area contributed by atoms with Crippen molar-refractivity contribution in [3.8, 4) is 5.75 Å². The molecule has 0 aliphatic heterocycles. The fourth-order valence-electron chi connectivity index (χ4n) is 2.50. The predicted molar refractivity (Wildman–Crippen MR) is 72.5 cm³/mol. The van der Waals surface area contributed by atoms with Crippen molar-refractivity contribution >= 4 is 5.78 Å². The number of phenols is 1. The van der Waals surface area contributed by atoms with E-state index in [1.54, 1.807) is 12.1 Å². The minimum absolute atomic E-state index is 0.265. The molecule has 0 saturated heterocycles. The predicted octanol–water partition coefficient (Wildman–Crippen LogP) is 3.64. The first-order valence-corrected chi connectivity index (χ1v) is 6.71. The van der Waals surface area contributed by atoms with Crippen molar-refractivity contribution in [2.45, 2.75) is 38.5 Å². The minimum atomic E-state index is 0.265. The van der Waals surface area contributed by atoms with Crippen molar-refractivity contribution in [3.63, 3.8) is 0 Å². The average Bonchev–Trinajstić information content (AvgIpc) is 2.32. The Hall–Kier alpha value is -1.57. The smallest absolute Gasteiger partial charge is 0.155 e. The number of carbonyl (C=O) groups is 1. The van der Waals surface area contributed by atoms with Crippen LogP contribution in [-0.4, -0.2) is 10.9 Å². The molecule has 1 aliphatic carbocycles. The van der Waals surface area contributed by atoms with Crippen molar-refractivity contribution in [1.82, 2.24) is 0 Å². The molecular formula is C16H20O2. The van der Waals surface area contributed by atoms with Gasteiger partial charge in [0.1, 0.15) is 5.75 Å². The lowest BCUT2D eigenvalue weighted by atomic mass is 9.89. The van der Waals surface area contributed by atoms with Gasteiger partial charge in [-0.25, -0.2) is 0 Å². The van der Waals surface area contributed by atoms with E-state index in [0.29, 0.717) is 18.1 Å². The Kier molecular flexibility index (Phi) is 4.57. The molecule has 0 fully saturated rings. The maximum Gasteiger partial charge on any atom is 0.155 e. The Labute approximate surface area is 108 Å². The van der Waals surface area contributed by atoms with Crippen LogP contribution in [0.1, 0.15) is 37.7 Å². The van der Waals surface area contributed by atoms with Gasteiger partial charge in [0.25, 0.3) is 0 Å². The van der Waals surface area contributed by atoms with E-state index in [4.69, 9.17) is 0 Å². The van der Waals surface area contributed by atoms with Crippen molar-refractivity contribution < 1.29 is 9.90 Å². The van der Waals surface area contributed by atoms with Crippen LogP contribution >= 0.6 is 0 Å². The second-order valence-corrected chi connectivity index (χ2v) is 5.07. The molecule has 0 bridgehead atoms.